The van der Waals surface area contributed by atoms with E-state index in [2.05, 4.69) is 18.7 Å². The molecule has 5 rings (SSSR count). The van der Waals surface area contributed by atoms with Crippen LogP contribution in [-0.4, -0.2) is 56.7 Å². The van der Waals surface area contributed by atoms with Crippen molar-refractivity contribution in [1.82, 2.24) is 24.6 Å². The van der Waals surface area contributed by atoms with Gasteiger partial charge in [-0.3, -0.25) is 4.79 Å². The highest BCUT2D eigenvalue weighted by Crippen LogP contribution is 2.32. The molecule has 1 amide bonds. The maximum atomic E-state index is 13.6. The number of hydrogen-bond donors (Lipinski definition) is 0. The van der Waals surface area contributed by atoms with Gasteiger partial charge in [-0.1, -0.05) is 26.3 Å². The van der Waals surface area contributed by atoms with E-state index < -0.39 is 0 Å². The lowest BCUT2D eigenvalue weighted by Crippen LogP contribution is -2.49. The number of piperazine rings is 1. The third-order valence-electron chi connectivity index (χ3n) is 6.77. The van der Waals surface area contributed by atoms with Gasteiger partial charge in [-0.05, 0) is 49.1 Å². The Morgan fingerprint density at radius 1 is 1.11 bits per heavy atom. The van der Waals surface area contributed by atoms with Crippen molar-refractivity contribution in [2.75, 3.05) is 31.1 Å². The van der Waals surface area contributed by atoms with E-state index >= 15 is 0 Å². The van der Waals surface area contributed by atoms with Gasteiger partial charge in [-0.2, -0.15) is 5.10 Å². The monoisotopic (exact) mass is 506 g/mol. The van der Waals surface area contributed by atoms with Crippen LogP contribution in [0, 0.1) is 12.7 Å². The Morgan fingerprint density at radius 2 is 1.86 bits per heavy atom. The van der Waals surface area contributed by atoms with Crippen molar-refractivity contribution in [2.24, 2.45) is 0 Å². The van der Waals surface area contributed by atoms with Crippen molar-refractivity contribution in [3.8, 4) is 5.69 Å². The van der Waals surface area contributed by atoms with E-state index in [1.54, 1.807) is 28.2 Å². The number of benzene rings is 1. The quantitative estimate of drug-likeness (QED) is 0.348. The molecule has 1 unspecified atom stereocenters. The van der Waals surface area contributed by atoms with Crippen LogP contribution < -0.4 is 4.90 Å². The molecule has 36 heavy (non-hydrogen) atoms. The van der Waals surface area contributed by atoms with Crippen LogP contribution in [0.1, 0.15) is 49.0 Å². The molecule has 0 N–H and O–H groups in total. The first-order valence-corrected chi connectivity index (χ1v) is 13.4. The fourth-order valence-corrected chi connectivity index (χ4v) is 5.49. The number of fused-ring (bicyclic) bond motifs is 1. The summed E-state index contributed by atoms with van der Waals surface area (Å²) in [5.41, 5.74) is 2.32. The number of anilines is 1. The first-order chi connectivity index (χ1) is 17.4. The Bertz CT molecular complexity index is 1340. The minimum atomic E-state index is -0.286. The highest BCUT2D eigenvalue weighted by atomic mass is 32.1. The zero-order valence-corrected chi connectivity index (χ0v) is 21.8. The van der Waals surface area contributed by atoms with Gasteiger partial charge in [0.2, 0.25) is 5.91 Å². The molecule has 1 saturated heterocycles. The molecule has 1 atom stereocenters. The summed E-state index contributed by atoms with van der Waals surface area (Å²) in [5.74, 6) is 1.74. The number of carbonyl (C=O) groups excluding carboxylic acids is 1. The Hall–Kier alpha value is -3.33. The number of nitrogens with zero attached hydrogens (tertiary/aromatic N) is 6. The summed E-state index contributed by atoms with van der Waals surface area (Å²) in [4.78, 5) is 28.1. The Morgan fingerprint density at radius 3 is 2.53 bits per heavy atom. The summed E-state index contributed by atoms with van der Waals surface area (Å²) in [5, 5.41) is 7.69. The summed E-state index contributed by atoms with van der Waals surface area (Å²) in [6.07, 6.45) is 2.48. The molecule has 1 aliphatic rings. The minimum absolute atomic E-state index is 0.169. The summed E-state index contributed by atoms with van der Waals surface area (Å²) < 4.78 is 15.4. The van der Waals surface area contributed by atoms with Crippen LogP contribution >= 0.6 is 11.3 Å². The summed E-state index contributed by atoms with van der Waals surface area (Å²) >= 11 is 1.62. The van der Waals surface area contributed by atoms with E-state index in [0.29, 0.717) is 32.6 Å². The molecule has 0 aliphatic carbocycles. The van der Waals surface area contributed by atoms with Crippen LogP contribution in [0.2, 0.25) is 0 Å². The van der Waals surface area contributed by atoms with Gasteiger partial charge in [-0.15, -0.1) is 11.3 Å². The predicted octanol–water partition coefficient (Wildman–Crippen LogP) is 5.12. The van der Waals surface area contributed by atoms with E-state index in [0.717, 1.165) is 51.8 Å². The molecule has 1 fully saturated rings. The fraction of sp³-hybridized carbons (Fsp3) is 0.407. The first kappa shape index (κ1) is 24.4. The molecular weight excluding hydrogens is 475 g/mol. The average molecular weight is 507 g/mol. The molecular formula is C27H31FN6OS. The Kier molecular flexibility index (Phi) is 7.00. The van der Waals surface area contributed by atoms with Crippen molar-refractivity contribution in [1.29, 1.82) is 0 Å². The van der Waals surface area contributed by atoms with Crippen LogP contribution in [0.4, 0.5) is 10.2 Å². The highest BCUT2D eigenvalue weighted by Gasteiger charge is 2.27. The van der Waals surface area contributed by atoms with Gasteiger partial charge in [0.1, 0.15) is 17.5 Å². The average Bonchev–Trinajstić information content (AvgIpc) is 3.52. The second-order valence-corrected chi connectivity index (χ2v) is 10.4. The topological polar surface area (TPSA) is 67.2 Å². The van der Waals surface area contributed by atoms with Gasteiger partial charge in [0.15, 0.2) is 5.65 Å². The van der Waals surface area contributed by atoms with E-state index in [9.17, 15) is 9.18 Å². The van der Waals surface area contributed by atoms with Crippen LogP contribution in [0.5, 0.6) is 0 Å². The SMILES string of the molecule is CCCC(C)c1nc(N2CCN(C(=O)Cc3cccs3)CC2)c2c(C)nn(-c3ccc(F)cc3)c2n1. The molecule has 7 nitrogen and oxygen atoms in total. The first-order valence-electron chi connectivity index (χ1n) is 12.5. The van der Waals surface area contributed by atoms with Crippen molar-refractivity contribution in [2.45, 2.75) is 46.0 Å². The van der Waals surface area contributed by atoms with Gasteiger partial charge in [0.05, 0.1) is 23.2 Å². The minimum Gasteiger partial charge on any atom is -0.352 e. The van der Waals surface area contributed by atoms with Gasteiger partial charge in [-0.25, -0.2) is 19.0 Å². The lowest BCUT2D eigenvalue weighted by Gasteiger charge is -2.36. The molecule has 188 valence electrons. The second-order valence-electron chi connectivity index (χ2n) is 9.39. The normalized spacial score (nSPS) is 15.0. The second kappa shape index (κ2) is 10.3. The number of aromatic nitrogens is 4. The zero-order chi connectivity index (χ0) is 25.2. The standard InChI is InChI=1S/C27H31FN6OS/c1-4-6-18(2)25-29-26(33-14-12-32(13-15-33)23(35)17-22-7-5-16-36-22)24-19(3)31-34(27(24)30-25)21-10-8-20(28)9-11-21/h5,7-11,16,18H,4,6,12-15,17H2,1-3H3. The number of carbonyl (C=O) groups is 1. The molecule has 9 heteroatoms. The van der Waals surface area contributed by atoms with E-state index in [1.807, 2.05) is 29.3 Å². The number of aryl methyl sites for hydroxylation is 1. The molecule has 4 aromatic rings. The lowest BCUT2D eigenvalue weighted by atomic mass is 10.1. The van der Waals surface area contributed by atoms with Crippen molar-refractivity contribution < 1.29 is 9.18 Å². The van der Waals surface area contributed by atoms with Crippen LogP contribution in [0.3, 0.4) is 0 Å². The molecule has 0 spiro atoms. The maximum absolute atomic E-state index is 13.6. The zero-order valence-electron chi connectivity index (χ0n) is 20.9. The molecule has 1 aromatic carbocycles. The molecule has 3 aromatic heterocycles. The smallest absolute Gasteiger partial charge is 0.227 e. The number of thiophene rings is 1. The van der Waals surface area contributed by atoms with Crippen molar-refractivity contribution in [3.63, 3.8) is 0 Å². The van der Waals surface area contributed by atoms with Gasteiger partial charge in [0, 0.05) is 37.0 Å². The Balaban J connectivity index is 1.48. The third kappa shape index (κ3) is 4.84. The van der Waals surface area contributed by atoms with Crippen LogP contribution in [-0.2, 0) is 11.2 Å². The van der Waals surface area contributed by atoms with Gasteiger partial charge >= 0.3 is 0 Å². The number of halogens is 1. The van der Waals surface area contributed by atoms with Crippen LogP contribution in [0.25, 0.3) is 16.7 Å². The molecule has 0 saturated carbocycles. The Labute approximate surface area is 214 Å². The number of amides is 1. The van der Waals surface area contributed by atoms with E-state index in [-0.39, 0.29) is 17.6 Å². The fourth-order valence-electron chi connectivity index (χ4n) is 4.79. The third-order valence-corrected chi connectivity index (χ3v) is 7.65. The molecule has 1 aliphatic heterocycles. The van der Waals surface area contributed by atoms with Crippen LogP contribution in [0.15, 0.2) is 41.8 Å². The van der Waals surface area contributed by atoms with Gasteiger partial charge in [0.25, 0.3) is 0 Å². The van der Waals surface area contributed by atoms with Crippen molar-refractivity contribution >= 4 is 34.1 Å². The molecule has 4 heterocycles. The highest BCUT2D eigenvalue weighted by molar-refractivity contribution is 7.10. The summed E-state index contributed by atoms with van der Waals surface area (Å²) in [6.45, 7) is 8.99. The van der Waals surface area contributed by atoms with E-state index in [1.165, 1.54) is 12.1 Å². The number of rotatable bonds is 7. The van der Waals surface area contributed by atoms with Crippen molar-refractivity contribution in [3.05, 3.63) is 64.0 Å². The van der Waals surface area contributed by atoms with E-state index in [4.69, 9.17) is 15.1 Å². The summed E-state index contributed by atoms with van der Waals surface area (Å²) in [6, 6.07) is 10.3. The number of hydrogen-bond acceptors (Lipinski definition) is 6. The largest absolute Gasteiger partial charge is 0.352 e. The lowest BCUT2D eigenvalue weighted by molar-refractivity contribution is -0.130. The maximum Gasteiger partial charge on any atom is 0.227 e. The molecule has 0 bridgehead atoms. The predicted molar refractivity (Wildman–Crippen MR) is 141 cm³/mol. The van der Waals surface area contributed by atoms with Gasteiger partial charge < -0.3 is 9.80 Å². The molecule has 0 radical (unpaired) electrons. The summed E-state index contributed by atoms with van der Waals surface area (Å²) in [7, 11) is 0.